The van der Waals surface area contributed by atoms with Crippen molar-refractivity contribution in [2.45, 2.75) is 82.8 Å². The zero-order valence-corrected chi connectivity index (χ0v) is 28.4. The summed E-state index contributed by atoms with van der Waals surface area (Å²) in [5, 5.41) is 3.27. The van der Waals surface area contributed by atoms with Gasteiger partial charge in [-0.1, -0.05) is 104 Å². The van der Waals surface area contributed by atoms with E-state index in [1.807, 2.05) is 87.5 Å². The van der Waals surface area contributed by atoms with Crippen LogP contribution >= 0.6 is 0 Å². The zero-order chi connectivity index (χ0) is 33.4. The Morgan fingerprint density at radius 2 is 1.43 bits per heavy atom. The van der Waals surface area contributed by atoms with E-state index in [1.165, 1.54) is 4.31 Å². The molecule has 1 aliphatic rings. The second-order valence-electron chi connectivity index (χ2n) is 12.6. The molecule has 0 heterocycles. The lowest BCUT2D eigenvalue weighted by Gasteiger charge is -2.35. The molecule has 0 spiro atoms. The van der Waals surface area contributed by atoms with Gasteiger partial charge in [0.25, 0.3) is 10.0 Å². The molecule has 0 unspecified atom stereocenters. The Bertz CT molecular complexity index is 1770. The summed E-state index contributed by atoms with van der Waals surface area (Å²) in [7, 11) is -4.15. The molecule has 1 saturated carbocycles. The molecule has 4 aromatic carbocycles. The van der Waals surface area contributed by atoms with E-state index < -0.39 is 28.5 Å². The average Bonchev–Trinajstić information content (AvgIpc) is 3.08. The lowest BCUT2D eigenvalue weighted by Crippen LogP contribution is -2.55. The molecule has 5 rings (SSSR count). The summed E-state index contributed by atoms with van der Waals surface area (Å²) in [6, 6.07) is 30.4. The highest BCUT2D eigenvalue weighted by Gasteiger charge is 2.36. The summed E-state index contributed by atoms with van der Waals surface area (Å²) in [5.74, 6) is -0.666. The predicted molar refractivity (Wildman–Crippen MR) is 188 cm³/mol. The highest BCUT2D eigenvalue weighted by atomic mass is 32.2. The molecule has 47 heavy (non-hydrogen) atoms. The van der Waals surface area contributed by atoms with Crippen LogP contribution in [0.5, 0.6) is 0 Å². The molecule has 246 valence electrons. The van der Waals surface area contributed by atoms with E-state index in [0.29, 0.717) is 12.1 Å². The molecule has 0 aliphatic heterocycles. The van der Waals surface area contributed by atoms with Crippen LogP contribution in [0.15, 0.2) is 108 Å². The molecule has 8 heteroatoms. The molecule has 1 aliphatic carbocycles. The van der Waals surface area contributed by atoms with Crippen LogP contribution in [-0.4, -0.2) is 43.8 Å². The van der Waals surface area contributed by atoms with Crippen LogP contribution < -0.4 is 9.62 Å². The number of aryl methyl sites for hydroxylation is 3. The van der Waals surface area contributed by atoms with Crippen molar-refractivity contribution in [1.29, 1.82) is 0 Å². The number of benzene rings is 4. The number of amides is 2. The Balaban J connectivity index is 1.59. The van der Waals surface area contributed by atoms with Crippen LogP contribution in [0.3, 0.4) is 0 Å². The number of carbonyl (C=O) groups is 2. The molecule has 7 nitrogen and oxygen atoms in total. The van der Waals surface area contributed by atoms with E-state index in [4.69, 9.17) is 0 Å². The summed E-state index contributed by atoms with van der Waals surface area (Å²) < 4.78 is 29.8. The molecule has 0 aromatic heterocycles. The van der Waals surface area contributed by atoms with Gasteiger partial charge in [0, 0.05) is 19.0 Å². The highest BCUT2D eigenvalue weighted by Crippen LogP contribution is 2.29. The molecule has 1 atom stereocenters. The molecule has 0 bridgehead atoms. The molecule has 1 N–H and O–H groups in total. The van der Waals surface area contributed by atoms with Gasteiger partial charge in [0.2, 0.25) is 11.8 Å². The summed E-state index contributed by atoms with van der Waals surface area (Å²) in [6.07, 6.45) is 5.38. The molecule has 2 amide bonds. The van der Waals surface area contributed by atoms with Gasteiger partial charge in [0.05, 0.1) is 10.6 Å². The first-order valence-corrected chi connectivity index (χ1v) is 17.9. The van der Waals surface area contributed by atoms with Crippen molar-refractivity contribution < 1.29 is 18.0 Å². The van der Waals surface area contributed by atoms with Crippen LogP contribution in [0, 0.1) is 20.8 Å². The second-order valence-corrected chi connectivity index (χ2v) is 14.5. The smallest absolute Gasteiger partial charge is 0.264 e. The van der Waals surface area contributed by atoms with Crippen LogP contribution in [-0.2, 0) is 32.6 Å². The maximum Gasteiger partial charge on any atom is 0.264 e. The van der Waals surface area contributed by atoms with Crippen molar-refractivity contribution in [2.24, 2.45) is 0 Å². The fraction of sp³-hybridized carbons (Fsp3) is 0.333. The molecular formula is C39H45N3O4S. The SMILES string of the molecule is Cc1ccc(C)c(N(CC(=O)N(Cc2ccccc2C)[C@@H](Cc2ccccc2)C(=O)NC2CCCCC2)S(=O)(=O)c2ccccc2)c1. The van der Waals surface area contributed by atoms with E-state index in [0.717, 1.165) is 59.9 Å². The van der Waals surface area contributed by atoms with Crippen LogP contribution in [0.1, 0.15) is 59.9 Å². The lowest BCUT2D eigenvalue weighted by atomic mass is 9.94. The van der Waals surface area contributed by atoms with E-state index in [9.17, 15) is 18.0 Å². The first-order chi connectivity index (χ1) is 22.6. The first-order valence-electron chi connectivity index (χ1n) is 16.5. The molecular weight excluding hydrogens is 607 g/mol. The fourth-order valence-electron chi connectivity index (χ4n) is 6.29. The van der Waals surface area contributed by atoms with Gasteiger partial charge in [-0.3, -0.25) is 13.9 Å². The largest absolute Gasteiger partial charge is 0.352 e. The van der Waals surface area contributed by atoms with Gasteiger partial charge in [0.1, 0.15) is 12.6 Å². The van der Waals surface area contributed by atoms with Crippen molar-refractivity contribution in [3.63, 3.8) is 0 Å². The fourth-order valence-corrected chi connectivity index (χ4v) is 7.78. The Morgan fingerprint density at radius 3 is 2.11 bits per heavy atom. The average molecular weight is 652 g/mol. The van der Waals surface area contributed by atoms with E-state index in [1.54, 1.807) is 41.3 Å². The number of rotatable bonds is 12. The maximum absolute atomic E-state index is 14.8. The third kappa shape index (κ3) is 8.49. The van der Waals surface area contributed by atoms with Gasteiger partial charge in [-0.05, 0) is 79.6 Å². The zero-order valence-electron chi connectivity index (χ0n) is 27.6. The number of nitrogens with one attached hydrogen (secondary N) is 1. The number of hydrogen-bond acceptors (Lipinski definition) is 4. The van der Waals surface area contributed by atoms with Gasteiger partial charge in [-0.2, -0.15) is 0 Å². The second kappa shape index (κ2) is 15.4. The van der Waals surface area contributed by atoms with Crippen molar-refractivity contribution in [2.75, 3.05) is 10.8 Å². The van der Waals surface area contributed by atoms with Crippen molar-refractivity contribution in [3.05, 3.63) is 131 Å². The third-order valence-electron chi connectivity index (χ3n) is 9.07. The minimum Gasteiger partial charge on any atom is -0.352 e. The highest BCUT2D eigenvalue weighted by molar-refractivity contribution is 7.92. The number of hydrogen-bond donors (Lipinski definition) is 1. The Hall–Kier alpha value is -4.43. The lowest BCUT2D eigenvalue weighted by molar-refractivity contribution is -0.140. The summed E-state index contributed by atoms with van der Waals surface area (Å²) in [4.78, 5) is 30.7. The summed E-state index contributed by atoms with van der Waals surface area (Å²) in [5.41, 5.74) is 4.83. The van der Waals surface area contributed by atoms with E-state index in [2.05, 4.69) is 5.32 Å². The van der Waals surface area contributed by atoms with Crippen molar-refractivity contribution >= 4 is 27.5 Å². The minimum absolute atomic E-state index is 0.0508. The minimum atomic E-state index is -4.15. The van der Waals surface area contributed by atoms with E-state index in [-0.39, 0.29) is 23.4 Å². The number of carbonyl (C=O) groups excluding carboxylic acids is 2. The Kier molecular flexibility index (Phi) is 11.1. The van der Waals surface area contributed by atoms with Crippen molar-refractivity contribution in [1.82, 2.24) is 10.2 Å². The number of sulfonamides is 1. The monoisotopic (exact) mass is 651 g/mol. The Morgan fingerprint density at radius 1 is 0.787 bits per heavy atom. The van der Waals surface area contributed by atoms with Crippen LogP contribution in [0.2, 0.25) is 0 Å². The predicted octanol–water partition coefficient (Wildman–Crippen LogP) is 6.90. The summed E-state index contributed by atoms with van der Waals surface area (Å²) in [6.45, 7) is 5.42. The van der Waals surface area contributed by atoms with Gasteiger partial charge in [-0.15, -0.1) is 0 Å². The number of anilines is 1. The van der Waals surface area contributed by atoms with Crippen LogP contribution in [0.4, 0.5) is 5.69 Å². The molecule has 1 fully saturated rings. The quantitative estimate of drug-likeness (QED) is 0.181. The van der Waals surface area contributed by atoms with Crippen LogP contribution in [0.25, 0.3) is 0 Å². The molecule has 4 aromatic rings. The topological polar surface area (TPSA) is 86.8 Å². The number of nitrogens with zero attached hydrogens (tertiary/aromatic N) is 2. The van der Waals surface area contributed by atoms with Gasteiger partial charge in [-0.25, -0.2) is 8.42 Å². The van der Waals surface area contributed by atoms with Gasteiger partial charge >= 0.3 is 0 Å². The normalized spacial score (nSPS) is 14.3. The van der Waals surface area contributed by atoms with Gasteiger partial charge in [0.15, 0.2) is 0 Å². The standard InChI is InChI=1S/C39H45N3O4S/c1-29-23-24-31(3)36(25-29)42(47(45,46)35-21-11-6-12-22-35)28-38(43)41(27-33-18-14-13-15-30(33)2)37(26-32-16-7-4-8-17-32)39(44)40-34-19-9-5-10-20-34/h4,6-8,11-18,21-25,34,37H,5,9-10,19-20,26-28H2,1-3H3,(H,40,44)/t37-/m0/s1. The van der Waals surface area contributed by atoms with Crippen molar-refractivity contribution in [3.8, 4) is 0 Å². The molecule has 0 radical (unpaired) electrons. The third-order valence-corrected chi connectivity index (χ3v) is 10.8. The van der Waals surface area contributed by atoms with E-state index >= 15 is 0 Å². The maximum atomic E-state index is 14.8. The van der Waals surface area contributed by atoms with Gasteiger partial charge < -0.3 is 10.2 Å². The Labute approximate surface area is 279 Å². The first kappa shape index (κ1) is 33.9. The summed E-state index contributed by atoms with van der Waals surface area (Å²) >= 11 is 0. The molecule has 0 saturated heterocycles.